The highest BCUT2D eigenvalue weighted by Gasteiger charge is 2.47. The summed E-state index contributed by atoms with van der Waals surface area (Å²) in [6.07, 6.45) is 0. The molecule has 462 valence electrons. The second-order valence-electron chi connectivity index (χ2n) is 25.7. The summed E-state index contributed by atoms with van der Waals surface area (Å²) in [5.41, 5.74) is 28.5. The van der Waals surface area contributed by atoms with Gasteiger partial charge < -0.3 is 14.4 Å². The number of nitrogens with zero attached hydrogens (tertiary/aromatic N) is 5. The second-order valence-corrected chi connectivity index (χ2v) is 25.7. The zero-order chi connectivity index (χ0) is 66.0. The third-order valence-corrected chi connectivity index (χ3v) is 20.6. The van der Waals surface area contributed by atoms with Gasteiger partial charge in [-0.1, -0.05) is 237 Å². The minimum Gasteiger partial charge on any atom is -0.310 e. The normalized spacial score (nSPS) is 12.8. The van der Waals surface area contributed by atoms with Crippen LogP contribution >= 0.6 is 0 Å². The molecule has 0 atom stereocenters. The summed E-state index contributed by atoms with van der Waals surface area (Å²) in [6, 6.07) is 138. The molecule has 2 aliphatic rings. The molecule has 2 aliphatic carbocycles. The highest BCUT2D eigenvalue weighted by atomic mass is 15.2. The lowest BCUT2D eigenvalue weighted by Crippen LogP contribution is -2.28. The van der Waals surface area contributed by atoms with Crippen LogP contribution in [-0.4, -0.2) is 4.57 Å². The van der Waals surface area contributed by atoms with Gasteiger partial charge in [0, 0.05) is 50.6 Å². The summed E-state index contributed by atoms with van der Waals surface area (Å²) < 4.78 is 2.36. The Morgan fingerprint density at radius 3 is 0.889 bits per heavy atom. The average Bonchev–Trinajstić information content (AvgIpc) is 1.53. The van der Waals surface area contributed by atoms with Gasteiger partial charge in [-0.2, -0.15) is 10.5 Å². The molecule has 99 heavy (non-hydrogen) atoms. The molecule has 0 saturated carbocycles. The summed E-state index contributed by atoms with van der Waals surface area (Å²) in [5.74, 6) is 0. The van der Waals surface area contributed by atoms with E-state index in [-0.39, 0.29) is 0 Å². The van der Waals surface area contributed by atoms with Crippen LogP contribution in [0.1, 0.15) is 55.6 Å². The number of anilines is 6. The van der Waals surface area contributed by atoms with Crippen LogP contribution in [0.15, 0.2) is 370 Å². The van der Waals surface area contributed by atoms with Crippen LogP contribution in [0.3, 0.4) is 0 Å². The van der Waals surface area contributed by atoms with Gasteiger partial charge >= 0.3 is 0 Å². The average molecular weight is 1260 g/mol. The monoisotopic (exact) mass is 1260 g/mol. The number of benzene rings is 15. The van der Waals surface area contributed by atoms with Crippen LogP contribution in [0.25, 0.3) is 72.0 Å². The lowest BCUT2D eigenvalue weighted by molar-refractivity contribution is 0.769. The first-order valence-electron chi connectivity index (χ1n) is 33.7. The van der Waals surface area contributed by atoms with E-state index in [1.807, 2.05) is 48.5 Å². The van der Waals surface area contributed by atoms with Crippen molar-refractivity contribution >= 4 is 55.9 Å². The van der Waals surface area contributed by atoms with E-state index in [1.165, 1.54) is 66.8 Å². The fourth-order valence-corrected chi connectivity index (χ4v) is 16.3. The fraction of sp³-hybridized carbons (Fsp3) is 0.0213. The molecule has 0 saturated heterocycles. The Morgan fingerprint density at radius 1 is 0.242 bits per heavy atom. The molecule has 0 N–H and O–H groups in total. The Labute approximate surface area is 576 Å². The third kappa shape index (κ3) is 9.36. The van der Waals surface area contributed by atoms with E-state index < -0.39 is 10.8 Å². The topological polar surface area (TPSA) is 59.0 Å². The van der Waals surface area contributed by atoms with Gasteiger partial charge in [0.05, 0.1) is 45.1 Å². The number of hydrogen-bond acceptors (Lipinski definition) is 4. The van der Waals surface area contributed by atoms with Crippen molar-refractivity contribution in [3.05, 3.63) is 426 Å². The van der Waals surface area contributed by atoms with Crippen molar-refractivity contribution in [1.29, 1.82) is 10.5 Å². The summed E-state index contributed by atoms with van der Waals surface area (Å²) in [6.45, 7) is 0. The van der Waals surface area contributed by atoms with E-state index in [4.69, 9.17) is 0 Å². The first kappa shape index (κ1) is 58.3. The van der Waals surface area contributed by atoms with Crippen molar-refractivity contribution in [2.24, 2.45) is 0 Å². The van der Waals surface area contributed by atoms with Crippen molar-refractivity contribution in [3.8, 4) is 62.3 Å². The number of para-hydroxylation sites is 1. The van der Waals surface area contributed by atoms with Crippen LogP contribution in [0.4, 0.5) is 34.1 Å². The van der Waals surface area contributed by atoms with Crippen molar-refractivity contribution < 1.29 is 0 Å². The molecule has 0 amide bonds. The van der Waals surface area contributed by atoms with Crippen LogP contribution in [-0.2, 0) is 10.8 Å². The Hall–Kier alpha value is -13.3. The Kier molecular flexibility index (Phi) is 14.0. The van der Waals surface area contributed by atoms with Crippen LogP contribution in [0.2, 0.25) is 0 Å². The molecule has 0 spiro atoms. The van der Waals surface area contributed by atoms with Crippen molar-refractivity contribution in [2.45, 2.75) is 10.8 Å². The zero-order valence-corrected chi connectivity index (χ0v) is 54.0. The first-order chi connectivity index (χ1) is 49.0. The van der Waals surface area contributed by atoms with Gasteiger partial charge in [-0.15, -0.1) is 0 Å². The maximum absolute atomic E-state index is 10.1. The molecule has 18 rings (SSSR count). The Morgan fingerprint density at radius 2 is 0.535 bits per heavy atom. The number of aromatic nitrogens is 1. The van der Waals surface area contributed by atoms with Gasteiger partial charge in [-0.25, -0.2) is 0 Å². The maximum atomic E-state index is 10.1. The van der Waals surface area contributed by atoms with E-state index in [2.05, 4.69) is 348 Å². The highest BCUT2D eigenvalue weighted by Crippen LogP contribution is 2.59. The van der Waals surface area contributed by atoms with Gasteiger partial charge in [-0.05, 0) is 222 Å². The Bertz CT molecular complexity index is 5410. The predicted molar refractivity (Wildman–Crippen MR) is 405 cm³/mol. The van der Waals surface area contributed by atoms with Gasteiger partial charge in [0.2, 0.25) is 0 Å². The summed E-state index contributed by atoms with van der Waals surface area (Å²) in [5, 5.41) is 22.3. The maximum Gasteiger partial charge on any atom is 0.0991 e. The van der Waals surface area contributed by atoms with Crippen LogP contribution in [0, 0.1) is 22.7 Å². The molecule has 1 heterocycles. The molecule has 1 aromatic heterocycles. The van der Waals surface area contributed by atoms with E-state index in [9.17, 15) is 10.5 Å². The summed E-state index contributed by atoms with van der Waals surface area (Å²) in [4.78, 5) is 4.59. The summed E-state index contributed by atoms with van der Waals surface area (Å²) >= 11 is 0. The zero-order valence-electron chi connectivity index (χ0n) is 54.0. The van der Waals surface area contributed by atoms with Crippen molar-refractivity contribution in [3.63, 3.8) is 0 Å². The van der Waals surface area contributed by atoms with Crippen molar-refractivity contribution in [1.82, 2.24) is 4.57 Å². The van der Waals surface area contributed by atoms with E-state index in [0.29, 0.717) is 11.1 Å². The van der Waals surface area contributed by atoms with Gasteiger partial charge in [0.25, 0.3) is 0 Å². The molecule has 5 heteroatoms. The number of hydrogen-bond donors (Lipinski definition) is 0. The standard InChI is InChI=1S/C94H61N5/c95-62-64-34-44-75(45-35-64)97(77-48-38-66(39-49-77)68-42-54-83-81-30-16-18-32-87(81)93(89(83)58-68,70-20-6-1-7-21-70)71-22-8-2-9-23-71)79-52-56-91-85(60-79)86-61-80(53-57-92(86)99(91)74-28-14-5-15-29-74)98(76-46-36-65(63-96)37-47-76)78-50-40-67(41-51-78)69-43-55-84-82-31-17-19-33-88(82)94(90(84)59-69,72-24-10-3-11-25-72)73-26-12-4-13-27-73/h1-61H. The molecular formula is C94H61N5. The molecular weight excluding hydrogens is 1200 g/mol. The number of rotatable bonds is 13. The third-order valence-electron chi connectivity index (χ3n) is 20.6. The molecule has 0 radical (unpaired) electrons. The minimum atomic E-state index is -0.520. The molecule has 16 aromatic rings. The van der Waals surface area contributed by atoms with Crippen LogP contribution < -0.4 is 9.80 Å². The second kappa shape index (κ2) is 23.8. The molecule has 0 bridgehead atoms. The molecule has 0 fully saturated rings. The van der Waals surface area contributed by atoms with Crippen molar-refractivity contribution in [2.75, 3.05) is 9.80 Å². The minimum absolute atomic E-state index is 0.520. The summed E-state index contributed by atoms with van der Waals surface area (Å²) in [7, 11) is 0. The quantitative estimate of drug-likeness (QED) is 0.115. The molecule has 5 nitrogen and oxygen atoms in total. The largest absolute Gasteiger partial charge is 0.310 e. The fourth-order valence-electron chi connectivity index (χ4n) is 16.3. The lowest BCUT2D eigenvalue weighted by atomic mass is 9.67. The number of fused-ring (bicyclic) bond motifs is 9. The van der Waals surface area contributed by atoms with E-state index >= 15 is 0 Å². The molecule has 15 aromatic carbocycles. The van der Waals surface area contributed by atoms with Gasteiger partial charge in [-0.3, -0.25) is 0 Å². The van der Waals surface area contributed by atoms with E-state index in [1.54, 1.807) is 0 Å². The van der Waals surface area contributed by atoms with Crippen LogP contribution in [0.5, 0.6) is 0 Å². The van der Waals surface area contributed by atoms with Gasteiger partial charge in [0.15, 0.2) is 0 Å². The first-order valence-corrected chi connectivity index (χ1v) is 33.7. The van der Waals surface area contributed by atoms with Gasteiger partial charge in [0.1, 0.15) is 0 Å². The smallest absolute Gasteiger partial charge is 0.0991 e. The lowest BCUT2D eigenvalue weighted by Gasteiger charge is -2.34. The highest BCUT2D eigenvalue weighted by molar-refractivity contribution is 6.12. The predicted octanol–water partition coefficient (Wildman–Crippen LogP) is 23.5. The molecule has 0 aliphatic heterocycles. The van der Waals surface area contributed by atoms with E-state index in [0.717, 1.165) is 83.9 Å². The SMILES string of the molecule is N#Cc1ccc(N(c2ccc(-c3ccc4c(c3)C(c3ccccc3)(c3ccccc3)c3ccccc3-4)cc2)c2ccc3c(c2)c2cc(N(c4ccc(C#N)cc4)c4ccc(-c5ccc6c(c5)C(c5ccccc5)(c5ccccc5)c5ccccc5-6)cc4)ccc2n3-c2ccccc2)cc1. The molecule has 0 unspecified atom stereocenters. The Balaban J connectivity index is 0.756. The number of nitriles is 2.